The molecular formula is C33H32Br2N4O4S2. The number of amides is 1. The minimum atomic E-state index is -1.11. The van der Waals surface area contributed by atoms with Crippen molar-refractivity contribution in [1.82, 2.24) is 9.47 Å². The van der Waals surface area contributed by atoms with Gasteiger partial charge in [-0.2, -0.15) is 4.40 Å². The number of aromatic nitrogens is 3. The van der Waals surface area contributed by atoms with Crippen LogP contribution >= 0.6 is 23.1 Å². The number of imidazole rings is 1. The van der Waals surface area contributed by atoms with E-state index in [4.69, 9.17) is 0 Å². The normalized spacial score (nSPS) is 19.7. The van der Waals surface area contributed by atoms with Crippen LogP contribution in [0.3, 0.4) is 0 Å². The van der Waals surface area contributed by atoms with Crippen molar-refractivity contribution in [2.75, 3.05) is 6.26 Å². The van der Waals surface area contributed by atoms with Crippen molar-refractivity contribution in [2.45, 2.75) is 44.1 Å². The molecule has 0 saturated carbocycles. The second kappa shape index (κ2) is 13.0. The third-order valence-corrected chi connectivity index (χ3v) is 10.8. The lowest BCUT2D eigenvalue weighted by molar-refractivity contribution is -0.687. The van der Waals surface area contributed by atoms with E-state index in [-0.39, 0.29) is 57.5 Å². The van der Waals surface area contributed by atoms with Gasteiger partial charge in [-0.1, -0.05) is 72.5 Å². The number of β-lactam (4-membered cyclic amide) rings is 1. The summed E-state index contributed by atoms with van der Waals surface area (Å²) in [5.74, 6) is -2.19. The van der Waals surface area contributed by atoms with Crippen molar-refractivity contribution >= 4 is 56.2 Å². The molecule has 12 heteroatoms. The number of thioether (sulfide) groups is 1. The first-order chi connectivity index (χ1) is 20.7. The average molecular weight is 773 g/mol. The van der Waals surface area contributed by atoms with Crippen LogP contribution < -0.4 is 42.9 Å². The summed E-state index contributed by atoms with van der Waals surface area (Å²) in [6.45, 7) is 5.07. The summed E-state index contributed by atoms with van der Waals surface area (Å²) < 4.78 is 6.48. The van der Waals surface area contributed by atoms with Gasteiger partial charge in [-0.25, -0.2) is 13.9 Å². The highest BCUT2D eigenvalue weighted by molar-refractivity contribution is 7.98. The number of halogens is 2. The van der Waals surface area contributed by atoms with E-state index in [0.717, 1.165) is 21.3 Å². The fourth-order valence-electron chi connectivity index (χ4n) is 6.70. The summed E-state index contributed by atoms with van der Waals surface area (Å²) in [4.78, 5) is 28.4. The predicted octanol–water partition coefficient (Wildman–Crippen LogP) is -1.79. The van der Waals surface area contributed by atoms with E-state index in [1.54, 1.807) is 30.0 Å². The van der Waals surface area contributed by atoms with Crippen molar-refractivity contribution in [3.63, 3.8) is 0 Å². The van der Waals surface area contributed by atoms with Gasteiger partial charge in [0.2, 0.25) is 15.8 Å². The van der Waals surface area contributed by atoms with E-state index < -0.39 is 18.0 Å². The molecule has 3 aromatic heterocycles. The highest BCUT2D eigenvalue weighted by Crippen LogP contribution is 2.51. The summed E-state index contributed by atoms with van der Waals surface area (Å²) in [6.07, 6.45) is 9.55. The molecule has 0 bridgehead atoms. The van der Waals surface area contributed by atoms with Crippen LogP contribution in [0.25, 0.3) is 21.2 Å². The lowest BCUT2D eigenvalue weighted by Crippen LogP contribution is -3.00. The van der Waals surface area contributed by atoms with Gasteiger partial charge in [0.1, 0.15) is 18.4 Å². The maximum atomic E-state index is 12.8. The highest BCUT2D eigenvalue weighted by atomic mass is 79.9. The molecule has 1 fully saturated rings. The van der Waals surface area contributed by atoms with Gasteiger partial charge >= 0.3 is 5.97 Å². The third-order valence-electron chi connectivity index (χ3n) is 8.73. The molecule has 4 atom stereocenters. The molecular weight excluding hydrogens is 740 g/mol. The van der Waals surface area contributed by atoms with Crippen molar-refractivity contribution in [1.29, 1.82) is 0 Å². The Hall–Kier alpha value is -3.03. The molecule has 2 aliphatic heterocycles. The summed E-state index contributed by atoms with van der Waals surface area (Å²) in [6, 6.07) is 18.9. The van der Waals surface area contributed by atoms with E-state index in [1.165, 1.54) is 26.8 Å². The number of aliphatic hydroxyl groups is 1. The molecule has 1 amide bonds. The Kier molecular flexibility index (Phi) is 9.63. The van der Waals surface area contributed by atoms with Crippen molar-refractivity contribution in [3.8, 4) is 0 Å². The Morgan fingerprint density at radius 3 is 2.40 bits per heavy atom. The van der Waals surface area contributed by atoms with Crippen LogP contribution in [0, 0.1) is 11.8 Å². The zero-order chi connectivity index (χ0) is 30.0. The summed E-state index contributed by atoms with van der Waals surface area (Å²) >= 11 is 3.20. The number of rotatable bonds is 8. The van der Waals surface area contributed by atoms with E-state index in [1.807, 2.05) is 19.4 Å². The van der Waals surface area contributed by atoms with Gasteiger partial charge in [0.25, 0.3) is 6.33 Å². The molecule has 45 heavy (non-hydrogen) atoms. The summed E-state index contributed by atoms with van der Waals surface area (Å²) in [5, 5.41) is 23.8. The maximum Gasteiger partial charge on any atom is 0.352 e. The molecule has 2 aliphatic rings. The average Bonchev–Trinajstić information content (AvgIpc) is 3.60. The number of pyridine rings is 1. The molecule has 0 spiro atoms. The topological polar surface area (TPSA) is 90.8 Å². The predicted molar refractivity (Wildman–Crippen MR) is 166 cm³/mol. The monoisotopic (exact) mass is 770 g/mol. The number of fused-ring (bicyclic) bond motifs is 3. The number of benzene rings is 2. The molecule has 234 valence electrons. The lowest BCUT2D eigenvalue weighted by Gasteiger charge is -2.46. The van der Waals surface area contributed by atoms with Gasteiger partial charge < -0.3 is 49.1 Å². The van der Waals surface area contributed by atoms with Gasteiger partial charge in [0, 0.05) is 28.5 Å². The highest BCUT2D eigenvalue weighted by Gasteiger charge is 2.60. The van der Waals surface area contributed by atoms with Crippen LogP contribution in [0.2, 0.25) is 0 Å². The molecule has 0 aliphatic carbocycles. The molecule has 2 N–H and O–H groups in total. The molecule has 8 nitrogen and oxygen atoms in total. The van der Waals surface area contributed by atoms with Crippen molar-refractivity contribution < 1.29 is 62.7 Å². The quantitative estimate of drug-likeness (QED) is 0.111. The molecule has 0 radical (unpaired) electrons. The van der Waals surface area contributed by atoms with Crippen molar-refractivity contribution in [2.24, 2.45) is 11.8 Å². The molecule has 1 saturated heterocycles. The number of aliphatic carboxylic acids is 1. The largest absolute Gasteiger partial charge is 1.00 e. The lowest BCUT2D eigenvalue weighted by atomic mass is 9.77. The van der Waals surface area contributed by atoms with E-state index >= 15 is 0 Å². The first-order valence-electron chi connectivity index (χ1n) is 14.3. The Morgan fingerprint density at radius 1 is 1.04 bits per heavy atom. The van der Waals surface area contributed by atoms with Crippen LogP contribution in [-0.2, 0) is 22.7 Å². The number of thiazole rings is 1. The van der Waals surface area contributed by atoms with Crippen LogP contribution in [0.1, 0.15) is 29.9 Å². The van der Waals surface area contributed by atoms with Crippen LogP contribution in [0.15, 0.2) is 90.2 Å². The number of nitrogens with zero attached hydrogens (tertiary/aromatic N) is 4. The minimum Gasteiger partial charge on any atom is -1.00 e. The molecule has 2 aromatic carbocycles. The van der Waals surface area contributed by atoms with Crippen molar-refractivity contribution in [3.05, 3.63) is 101 Å². The van der Waals surface area contributed by atoms with Crippen LogP contribution in [0.4, 0.5) is 0 Å². The third kappa shape index (κ3) is 5.65. The number of hydrogen-bond donors (Lipinski definition) is 2. The number of carboxylic acids is 1. The Morgan fingerprint density at radius 2 is 1.73 bits per heavy atom. The van der Waals surface area contributed by atoms with Gasteiger partial charge in [0.05, 0.1) is 22.9 Å². The second-order valence-corrected chi connectivity index (χ2v) is 13.3. The summed E-state index contributed by atoms with van der Waals surface area (Å²) in [5.41, 5.74) is 3.14. The fourth-order valence-corrected chi connectivity index (χ4v) is 8.88. The molecule has 7 rings (SSSR count). The first-order valence-corrected chi connectivity index (χ1v) is 16.3. The Balaban J connectivity index is 0.00000200. The van der Waals surface area contributed by atoms with Crippen LogP contribution in [0.5, 0.6) is 0 Å². The Labute approximate surface area is 290 Å². The van der Waals surface area contributed by atoms with Gasteiger partial charge in [-0.3, -0.25) is 4.79 Å². The fraction of sp³-hybridized carbons (Fsp3) is 0.273. The summed E-state index contributed by atoms with van der Waals surface area (Å²) in [7, 11) is 0. The molecule has 5 heterocycles. The molecule has 5 aromatic rings. The molecule has 0 unspecified atom stereocenters. The zero-order valence-corrected chi connectivity index (χ0v) is 29.6. The number of aliphatic hydroxyl groups excluding tert-OH is 1. The SMILES string of the molecule is CSc1c2sc(C3=C(C(=O)O)N4C(=O)[C@H]([C@@H](C)O)[C@H]4[C@H]3C)c[n+]2cn1Cc1ccc(C[n+]2ccc3ccccc3c2)cc1.[Br-].[Br-]. The second-order valence-electron chi connectivity index (χ2n) is 11.4. The number of hydrogen-bond acceptors (Lipinski definition) is 5. The van der Waals surface area contributed by atoms with Gasteiger partial charge in [0.15, 0.2) is 18.9 Å². The number of carbonyl (C=O) groups excluding carboxylic acids is 1. The van der Waals surface area contributed by atoms with Gasteiger partial charge in [-0.05, 0) is 30.2 Å². The first kappa shape index (κ1) is 33.3. The standard InChI is InChI=1S/C33H31N4O4S2.2BrH/c1-19-26(29(33(40)41)37-28(19)27(20(2)38)30(37)39)25-17-36-18-35(31(42-3)32(36)43-25)15-22-10-8-21(9-11-22)14-34-13-12-23-6-4-5-7-24(23)16-34;;/h4-13,16-20,27-28,38H,14-15H2,1-3H3;2*1H/q+1;;/p-1/t19-,20+,27+,28+;;/m0../s1. The smallest absolute Gasteiger partial charge is 0.352 e. The van der Waals surface area contributed by atoms with E-state index in [9.17, 15) is 19.8 Å². The number of carbonyl (C=O) groups is 2. The number of carboxylic acid groups (broad SMARTS) is 1. The van der Waals surface area contributed by atoms with E-state index in [0.29, 0.717) is 12.1 Å². The maximum absolute atomic E-state index is 12.8. The minimum absolute atomic E-state index is 0. The Bertz CT molecular complexity index is 1950. The zero-order valence-electron chi connectivity index (χ0n) is 24.8. The van der Waals surface area contributed by atoms with Gasteiger partial charge in [-0.15, -0.1) is 0 Å². The van der Waals surface area contributed by atoms with E-state index in [2.05, 4.69) is 86.9 Å². The van der Waals surface area contributed by atoms with Crippen LogP contribution in [-0.4, -0.2) is 50.0 Å².